The number of piperidine rings is 2. The number of rotatable bonds is 6. The Bertz CT molecular complexity index is 693. The van der Waals surface area contributed by atoms with E-state index in [1.165, 1.54) is 0 Å². The molecule has 1 atom stereocenters. The van der Waals surface area contributed by atoms with E-state index in [-0.39, 0.29) is 17.7 Å². The van der Waals surface area contributed by atoms with Crippen LogP contribution >= 0.6 is 0 Å². The van der Waals surface area contributed by atoms with Gasteiger partial charge in [-0.3, -0.25) is 24.1 Å². The maximum absolute atomic E-state index is 12.4. The summed E-state index contributed by atoms with van der Waals surface area (Å²) in [4.78, 5) is 29.4. The van der Waals surface area contributed by atoms with Gasteiger partial charge in [0.05, 0.1) is 12.5 Å². The maximum Gasteiger partial charge on any atom is 0.239 e. The summed E-state index contributed by atoms with van der Waals surface area (Å²) < 4.78 is 1.68. The quantitative estimate of drug-likeness (QED) is 0.754. The molecule has 4 rings (SSSR count). The number of hydrogen-bond acceptors (Lipinski definition) is 5. The van der Waals surface area contributed by atoms with Crippen LogP contribution in [0.2, 0.25) is 0 Å². The van der Waals surface area contributed by atoms with Gasteiger partial charge in [-0.2, -0.15) is 5.10 Å². The number of nitrogens with one attached hydrogen (secondary N) is 2. The Balaban J connectivity index is 1.20. The first-order valence-electron chi connectivity index (χ1n) is 10.6. The fourth-order valence-electron chi connectivity index (χ4n) is 4.41. The van der Waals surface area contributed by atoms with Crippen molar-refractivity contribution in [3.8, 4) is 0 Å². The van der Waals surface area contributed by atoms with Gasteiger partial charge in [-0.25, -0.2) is 0 Å². The van der Waals surface area contributed by atoms with Crippen LogP contribution in [0.4, 0.5) is 5.82 Å². The second kappa shape index (κ2) is 8.61. The number of anilines is 1. The monoisotopic (exact) mass is 388 g/mol. The molecular formula is C20H32N6O2. The van der Waals surface area contributed by atoms with Crippen LogP contribution in [0.1, 0.15) is 38.5 Å². The number of aromatic nitrogens is 2. The van der Waals surface area contributed by atoms with Crippen LogP contribution in [0.15, 0.2) is 12.3 Å². The highest BCUT2D eigenvalue weighted by atomic mass is 16.2. The molecule has 3 aliphatic rings. The van der Waals surface area contributed by atoms with Gasteiger partial charge in [-0.15, -0.1) is 0 Å². The first-order valence-corrected chi connectivity index (χ1v) is 10.6. The lowest BCUT2D eigenvalue weighted by Crippen LogP contribution is -2.51. The molecule has 0 spiro atoms. The maximum atomic E-state index is 12.4. The van der Waals surface area contributed by atoms with E-state index in [1.54, 1.807) is 10.7 Å². The van der Waals surface area contributed by atoms with Gasteiger partial charge in [-0.1, -0.05) is 0 Å². The highest BCUT2D eigenvalue weighted by molar-refractivity contribution is 5.91. The Morgan fingerprint density at radius 1 is 1.14 bits per heavy atom. The molecule has 1 saturated carbocycles. The van der Waals surface area contributed by atoms with E-state index in [0.29, 0.717) is 24.4 Å². The average molecular weight is 389 g/mol. The molecule has 2 saturated heterocycles. The van der Waals surface area contributed by atoms with E-state index in [0.717, 1.165) is 64.7 Å². The van der Waals surface area contributed by atoms with Crippen molar-refractivity contribution in [3.63, 3.8) is 0 Å². The van der Waals surface area contributed by atoms with Crippen molar-refractivity contribution in [2.75, 3.05) is 38.0 Å². The number of nitrogens with zero attached hydrogens (tertiary/aromatic N) is 4. The highest BCUT2D eigenvalue weighted by Crippen LogP contribution is 2.25. The molecule has 1 aliphatic carbocycles. The van der Waals surface area contributed by atoms with Crippen LogP contribution in [0.25, 0.3) is 0 Å². The third-order valence-electron chi connectivity index (χ3n) is 6.17. The second-order valence-corrected chi connectivity index (χ2v) is 8.55. The molecule has 2 amide bonds. The summed E-state index contributed by atoms with van der Waals surface area (Å²) in [6, 6.07) is 2.78. The van der Waals surface area contributed by atoms with E-state index >= 15 is 0 Å². The summed E-state index contributed by atoms with van der Waals surface area (Å²) in [5.41, 5.74) is 0. The standard InChI is InChI=1S/C20H32N6O2/c1-24-10-8-18(23-24)22-19(27)14-25-11-6-17(7-12-25)26-9-2-3-15(13-26)20(28)21-16-4-5-16/h8,10,15-17H,2-7,9,11-14H2,1H3,(H,21,28)(H,22,23,27)/t15-/m1/s1. The Labute approximate surface area is 166 Å². The van der Waals surface area contributed by atoms with E-state index in [4.69, 9.17) is 0 Å². The highest BCUT2D eigenvalue weighted by Gasteiger charge is 2.33. The molecule has 3 fully saturated rings. The van der Waals surface area contributed by atoms with Gasteiger partial charge < -0.3 is 10.6 Å². The first kappa shape index (κ1) is 19.4. The third kappa shape index (κ3) is 5.11. The molecule has 28 heavy (non-hydrogen) atoms. The molecule has 0 radical (unpaired) electrons. The lowest BCUT2D eigenvalue weighted by Gasteiger charge is -2.41. The van der Waals surface area contributed by atoms with Crippen molar-refractivity contribution in [2.24, 2.45) is 13.0 Å². The van der Waals surface area contributed by atoms with Gasteiger partial charge in [0.1, 0.15) is 0 Å². The van der Waals surface area contributed by atoms with Crippen molar-refractivity contribution >= 4 is 17.6 Å². The number of likely N-dealkylation sites (tertiary alicyclic amines) is 2. The summed E-state index contributed by atoms with van der Waals surface area (Å²) >= 11 is 0. The van der Waals surface area contributed by atoms with Gasteiger partial charge >= 0.3 is 0 Å². The zero-order valence-electron chi connectivity index (χ0n) is 16.8. The number of amides is 2. The Morgan fingerprint density at radius 3 is 2.61 bits per heavy atom. The minimum absolute atomic E-state index is 0.00747. The van der Waals surface area contributed by atoms with Crippen molar-refractivity contribution < 1.29 is 9.59 Å². The molecule has 2 aliphatic heterocycles. The van der Waals surface area contributed by atoms with Crippen LogP contribution in [-0.4, -0.2) is 76.2 Å². The number of hydrogen-bond donors (Lipinski definition) is 2. The molecule has 8 nitrogen and oxygen atoms in total. The Hall–Kier alpha value is -1.93. The molecule has 0 bridgehead atoms. The van der Waals surface area contributed by atoms with Crippen LogP contribution in [0.5, 0.6) is 0 Å². The molecule has 3 heterocycles. The largest absolute Gasteiger partial charge is 0.353 e. The van der Waals surface area contributed by atoms with E-state index in [9.17, 15) is 9.59 Å². The van der Waals surface area contributed by atoms with E-state index in [1.807, 2.05) is 13.2 Å². The normalized spacial score (nSPS) is 24.8. The predicted octanol–water partition coefficient (Wildman–Crippen LogP) is 0.814. The van der Waals surface area contributed by atoms with E-state index in [2.05, 4.69) is 25.5 Å². The Kier molecular flexibility index (Phi) is 5.96. The summed E-state index contributed by atoms with van der Waals surface area (Å²) in [5, 5.41) is 10.2. The molecule has 1 aromatic heterocycles. The number of carbonyl (C=O) groups excluding carboxylic acids is 2. The van der Waals surface area contributed by atoms with Crippen molar-refractivity contribution in [1.82, 2.24) is 24.9 Å². The van der Waals surface area contributed by atoms with Crippen LogP contribution in [-0.2, 0) is 16.6 Å². The smallest absolute Gasteiger partial charge is 0.239 e. The Morgan fingerprint density at radius 2 is 1.93 bits per heavy atom. The second-order valence-electron chi connectivity index (χ2n) is 8.55. The van der Waals surface area contributed by atoms with Crippen LogP contribution in [0.3, 0.4) is 0 Å². The van der Waals surface area contributed by atoms with Gasteiger partial charge in [0.15, 0.2) is 5.82 Å². The fraction of sp³-hybridized carbons (Fsp3) is 0.750. The molecule has 1 aromatic rings. The minimum atomic E-state index is -0.00747. The molecule has 154 valence electrons. The van der Waals surface area contributed by atoms with Crippen LogP contribution in [0, 0.1) is 5.92 Å². The summed E-state index contributed by atoms with van der Waals surface area (Å²) in [6.07, 6.45) is 8.36. The molecule has 0 aromatic carbocycles. The summed E-state index contributed by atoms with van der Waals surface area (Å²) in [5.74, 6) is 1.01. The first-order chi connectivity index (χ1) is 13.6. The zero-order chi connectivity index (χ0) is 19.5. The van der Waals surface area contributed by atoms with Crippen molar-refractivity contribution in [3.05, 3.63) is 12.3 Å². The lowest BCUT2D eigenvalue weighted by molar-refractivity contribution is -0.127. The van der Waals surface area contributed by atoms with Gasteiger partial charge in [0.25, 0.3) is 0 Å². The predicted molar refractivity (Wildman–Crippen MR) is 107 cm³/mol. The van der Waals surface area contributed by atoms with Gasteiger partial charge in [0.2, 0.25) is 11.8 Å². The summed E-state index contributed by atoms with van der Waals surface area (Å²) in [7, 11) is 1.83. The number of aryl methyl sites for hydroxylation is 1. The minimum Gasteiger partial charge on any atom is -0.353 e. The number of carbonyl (C=O) groups is 2. The molecule has 8 heteroatoms. The van der Waals surface area contributed by atoms with Crippen molar-refractivity contribution in [2.45, 2.75) is 50.6 Å². The third-order valence-corrected chi connectivity index (χ3v) is 6.17. The molecular weight excluding hydrogens is 356 g/mol. The molecule has 2 N–H and O–H groups in total. The average Bonchev–Trinajstić information content (AvgIpc) is 3.42. The van der Waals surface area contributed by atoms with Crippen molar-refractivity contribution in [1.29, 1.82) is 0 Å². The SMILES string of the molecule is Cn1ccc(NC(=O)CN2CCC(N3CCC[C@@H](C(=O)NC4CC4)C3)CC2)n1. The lowest BCUT2D eigenvalue weighted by atomic mass is 9.93. The fourth-order valence-corrected chi connectivity index (χ4v) is 4.41. The van der Waals surface area contributed by atoms with Gasteiger partial charge in [-0.05, 0) is 45.1 Å². The van der Waals surface area contributed by atoms with E-state index < -0.39 is 0 Å². The topological polar surface area (TPSA) is 82.5 Å². The zero-order valence-corrected chi connectivity index (χ0v) is 16.8. The molecule has 0 unspecified atom stereocenters. The summed E-state index contributed by atoms with van der Waals surface area (Å²) in [6.45, 7) is 4.25. The van der Waals surface area contributed by atoms with Gasteiger partial charge in [0, 0.05) is 51.0 Å². The van der Waals surface area contributed by atoms with Crippen LogP contribution < -0.4 is 10.6 Å².